The summed E-state index contributed by atoms with van der Waals surface area (Å²) in [5, 5.41) is 8.04. The van der Waals surface area contributed by atoms with Gasteiger partial charge in [0.1, 0.15) is 0 Å². The fraction of sp³-hybridized carbons (Fsp3) is 0.167. The Hall–Kier alpha value is -1.95. The third kappa shape index (κ3) is 4.57. The maximum atomic E-state index is 12.2. The van der Waals surface area contributed by atoms with Gasteiger partial charge in [-0.3, -0.25) is 14.8 Å². The third-order valence-corrected chi connectivity index (χ3v) is 5.08. The summed E-state index contributed by atoms with van der Waals surface area (Å²) < 4.78 is 0. The number of hydrogen-bond donors (Lipinski definition) is 1. The van der Waals surface area contributed by atoms with Crippen molar-refractivity contribution in [2.75, 3.05) is 0 Å². The zero-order valence-corrected chi connectivity index (χ0v) is 15.5. The van der Waals surface area contributed by atoms with Crippen LogP contribution in [0.1, 0.15) is 17.7 Å². The van der Waals surface area contributed by atoms with Crippen LogP contribution >= 0.6 is 34.5 Å². The number of rotatable bonds is 6. The maximum Gasteiger partial charge on any atom is 0.220 e. The fourth-order valence-electron chi connectivity index (χ4n) is 2.42. The fourth-order valence-corrected chi connectivity index (χ4v) is 3.64. The SMILES string of the molecule is O=C(CCc1c(Cl)cccc1Cl)NCc1nccnc1-c1ccsc1. The lowest BCUT2D eigenvalue weighted by Gasteiger charge is -2.09. The van der Waals surface area contributed by atoms with Crippen LogP contribution in [0.2, 0.25) is 10.0 Å². The Morgan fingerprint density at radius 2 is 1.88 bits per heavy atom. The molecule has 0 aliphatic carbocycles. The van der Waals surface area contributed by atoms with Gasteiger partial charge in [-0.2, -0.15) is 11.3 Å². The molecular formula is C18H15Cl2N3OS. The molecule has 0 spiro atoms. The predicted molar refractivity (Wildman–Crippen MR) is 102 cm³/mol. The van der Waals surface area contributed by atoms with Crippen molar-refractivity contribution in [3.8, 4) is 11.3 Å². The van der Waals surface area contributed by atoms with Gasteiger partial charge in [-0.25, -0.2) is 0 Å². The van der Waals surface area contributed by atoms with Gasteiger partial charge in [0.15, 0.2) is 0 Å². The van der Waals surface area contributed by atoms with E-state index >= 15 is 0 Å². The molecule has 1 amide bonds. The van der Waals surface area contributed by atoms with Crippen LogP contribution in [0.4, 0.5) is 0 Å². The van der Waals surface area contributed by atoms with Crippen molar-refractivity contribution in [3.05, 3.63) is 68.7 Å². The summed E-state index contributed by atoms with van der Waals surface area (Å²) in [6, 6.07) is 7.31. The molecule has 1 N–H and O–H groups in total. The van der Waals surface area contributed by atoms with Gasteiger partial charge < -0.3 is 5.32 Å². The molecule has 0 radical (unpaired) electrons. The van der Waals surface area contributed by atoms with Crippen molar-refractivity contribution in [2.45, 2.75) is 19.4 Å². The Balaban J connectivity index is 1.60. The number of amides is 1. The van der Waals surface area contributed by atoms with E-state index in [1.807, 2.05) is 16.8 Å². The van der Waals surface area contributed by atoms with Crippen molar-refractivity contribution in [1.82, 2.24) is 15.3 Å². The second kappa shape index (κ2) is 8.43. The molecule has 4 nitrogen and oxygen atoms in total. The molecule has 7 heteroatoms. The Morgan fingerprint density at radius 1 is 1.12 bits per heavy atom. The monoisotopic (exact) mass is 391 g/mol. The highest BCUT2D eigenvalue weighted by molar-refractivity contribution is 7.08. The van der Waals surface area contributed by atoms with Crippen LogP contribution in [-0.2, 0) is 17.8 Å². The minimum Gasteiger partial charge on any atom is -0.350 e. The molecule has 3 aromatic rings. The molecule has 0 saturated heterocycles. The average Bonchev–Trinajstić information content (AvgIpc) is 3.14. The molecule has 0 atom stereocenters. The van der Waals surface area contributed by atoms with E-state index in [-0.39, 0.29) is 5.91 Å². The normalized spacial score (nSPS) is 10.6. The van der Waals surface area contributed by atoms with Gasteiger partial charge in [0.25, 0.3) is 0 Å². The Bertz CT molecular complexity index is 848. The molecule has 2 aromatic heterocycles. The summed E-state index contributed by atoms with van der Waals surface area (Å²) >= 11 is 13.9. The Morgan fingerprint density at radius 3 is 2.60 bits per heavy atom. The van der Waals surface area contributed by atoms with Crippen molar-refractivity contribution < 1.29 is 4.79 Å². The lowest BCUT2D eigenvalue weighted by molar-refractivity contribution is -0.121. The first kappa shape index (κ1) is 17.9. The highest BCUT2D eigenvalue weighted by atomic mass is 35.5. The highest BCUT2D eigenvalue weighted by Crippen LogP contribution is 2.25. The van der Waals surface area contributed by atoms with E-state index in [1.165, 1.54) is 0 Å². The number of halogens is 2. The summed E-state index contributed by atoms with van der Waals surface area (Å²) in [5.74, 6) is -0.0853. The summed E-state index contributed by atoms with van der Waals surface area (Å²) in [6.45, 7) is 0.327. The number of nitrogens with zero attached hydrogens (tertiary/aromatic N) is 2. The van der Waals surface area contributed by atoms with Crippen LogP contribution in [0.3, 0.4) is 0 Å². The number of aromatic nitrogens is 2. The number of benzene rings is 1. The van der Waals surface area contributed by atoms with Gasteiger partial charge in [0.05, 0.1) is 17.9 Å². The van der Waals surface area contributed by atoms with E-state index in [9.17, 15) is 4.79 Å². The van der Waals surface area contributed by atoms with E-state index in [4.69, 9.17) is 23.2 Å². The van der Waals surface area contributed by atoms with Crippen LogP contribution in [0.15, 0.2) is 47.4 Å². The van der Waals surface area contributed by atoms with E-state index in [1.54, 1.807) is 41.9 Å². The minimum atomic E-state index is -0.0853. The second-order valence-corrected chi connectivity index (χ2v) is 6.94. The maximum absolute atomic E-state index is 12.2. The lowest BCUT2D eigenvalue weighted by Crippen LogP contribution is -2.24. The third-order valence-electron chi connectivity index (χ3n) is 3.69. The number of carbonyl (C=O) groups excluding carboxylic acids is 1. The highest BCUT2D eigenvalue weighted by Gasteiger charge is 2.11. The van der Waals surface area contributed by atoms with Crippen molar-refractivity contribution in [2.24, 2.45) is 0 Å². The summed E-state index contributed by atoms with van der Waals surface area (Å²) in [6.07, 6.45) is 4.07. The first-order valence-corrected chi connectivity index (χ1v) is 9.37. The van der Waals surface area contributed by atoms with Crippen LogP contribution < -0.4 is 5.32 Å². The first-order chi connectivity index (χ1) is 12.1. The quantitative estimate of drug-likeness (QED) is 0.658. The smallest absolute Gasteiger partial charge is 0.220 e. The topological polar surface area (TPSA) is 54.9 Å². The predicted octanol–water partition coefficient (Wildman–Crippen LogP) is 4.76. The number of nitrogens with one attached hydrogen (secondary N) is 1. The summed E-state index contributed by atoms with van der Waals surface area (Å²) in [7, 11) is 0. The van der Waals surface area contributed by atoms with Gasteiger partial charge in [-0.05, 0) is 35.6 Å². The van der Waals surface area contributed by atoms with E-state index < -0.39 is 0 Å². The van der Waals surface area contributed by atoms with Crippen LogP contribution in [0.25, 0.3) is 11.3 Å². The van der Waals surface area contributed by atoms with Gasteiger partial charge in [0.2, 0.25) is 5.91 Å². The molecule has 25 heavy (non-hydrogen) atoms. The summed E-state index contributed by atoms with van der Waals surface area (Å²) in [5.41, 5.74) is 3.33. The number of thiophene rings is 1. The first-order valence-electron chi connectivity index (χ1n) is 7.67. The van der Waals surface area contributed by atoms with Gasteiger partial charge in [0, 0.05) is 39.8 Å². The molecule has 0 aliphatic rings. The number of hydrogen-bond acceptors (Lipinski definition) is 4. The van der Waals surface area contributed by atoms with Gasteiger partial charge in [-0.15, -0.1) is 0 Å². The molecule has 0 aliphatic heterocycles. The lowest BCUT2D eigenvalue weighted by atomic mass is 10.1. The molecule has 2 heterocycles. The minimum absolute atomic E-state index is 0.0853. The van der Waals surface area contributed by atoms with Gasteiger partial charge >= 0.3 is 0 Å². The van der Waals surface area contributed by atoms with Crippen LogP contribution in [-0.4, -0.2) is 15.9 Å². The molecule has 128 valence electrons. The molecule has 0 bridgehead atoms. The van der Waals surface area contributed by atoms with Crippen LogP contribution in [0.5, 0.6) is 0 Å². The molecular weight excluding hydrogens is 377 g/mol. The largest absolute Gasteiger partial charge is 0.350 e. The molecule has 0 unspecified atom stereocenters. The number of carbonyl (C=O) groups is 1. The standard InChI is InChI=1S/C18H15Cl2N3OS/c19-14-2-1-3-15(20)13(14)4-5-17(24)23-10-16-18(22-8-7-21-16)12-6-9-25-11-12/h1-3,6-9,11H,4-5,10H2,(H,23,24). The zero-order chi connectivity index (χ0) is 17.6. The van der Waals surface area contributed by atoms with Crippen molar-refractivity contribution in [3.63, 3.8) is 0 Å². The molecule has 3 rings (SSSR count). The zero-order valence-electron chi connectivity index (χ0n) is 13.2. The van der Waals surface area contributed by atoms with Gasteiger partial charge in [-0.1, -0.05) is 29.3 Å². The van der Waals surface area contributed by atoms with Crippen molar-refractivity contribution >= 4 is 40.4 Å². The summed E-state index contributed by atoms with van der Waals surface area (Å²) in [4.78, 5) is 20.9. The van der Waals surface area contributed by atoms with Crippen molar-refractivity contribution in [1.29, 1.82) is 0 Å². The Kier molecular flexibility index (Phi) is 6.02. The average molecular weight is 392 g/mol. The van der Waals surface area contributed by atoms with E-state index in [0.29, 0.717) is 29.4 Å². The molecule has 1 aromatic carbocycles. The Labute approximate surface area is 159 Å². The van der Waals surface area contributed by atoms with Crippen LogP contribution in [0, 0.1) is 0 Å². The molecule has 0 fully saturated rings. The molecule has 0 saturated carbocycles. The van der Waals surface area contributed by atoms with E-state index in [0.717, 1.165) is 22.5 Å². The second-order valence-electron chi connectivity index (χ2n) is 5.34. The van der Waals surface area contributed by atoms with E-state index in [2.05, 4.69) is 15.3 Å².